The molecule has 27 heavy (non-hydrogen) atoms. The van der Waals surface area contributed by atoms with Gasteiger partial charge in [-0.1, -0.05) is 87.0 Å². The van der Waals surface area contributed by atoms with Gasteiger partial charge in [0.2, 0.25) is 0 Å². The average Bonchev–Trinajstić information content (AvgIpc) is 2.61. The van der Waals surface area contributed by atoms with E-state index in [1.54, 1.807) is 0 Å². The lowest BCUT2D eigenvalue weighted by molar-refractivity contribution is 0.151. The molecule has 1 atom stereocenters. The largest absolute Gasteiger partial charge is 0.407 e. The Labute approximate surface area is 166 Å². The molecule has 0 bridgehead atoms. The molecule has 146 valence electrons. The fourth-order valence-electron chi connectivity index (χ4n) is 3.81. The van der Waals surface area contributed by atoms with Crippen LogP contribution in [0.4, 0.5) is 0 Å². The number of benzene rings is 2. The summed E-state index contributed by atoms with van der Waals surface area (Å²) < 4.78 is 6.83. The Hall–Kier alpha value is -1.68. The molecule has 2 aromatic carbocycles. The molecule has 0 heterocycles. The summed E-state index contributed by atoms with van der Waals surface area (Å²) >= 11 is 0. The lowest BCUT2D eigenvalue weighted by Gasteiger charge is -2.43. The molecular weight excluding hydrogens is 348 g/mol. The van der Waals surface area contributed by atoms with E-state index in [-0.39, 0.29) is 11.1 Å². The van der Waals surface area contributed by atoms with Gasteiger partial charge in [-0.05, 0) is 41.6 Å². The standard InChI is InChI=1S/C24H34O2Si/c1-20(2)19-21(25)13-12-18-26-27(24(3,4)5,22-14-8-6-9-15-22)23-16-10-7-11-17-23/h6-11,14-17,21,25H,1,12-13,18-19H2,2-5H3. The molecule has 1 N–H and O–H groups in total. The molecule has 0 fully saturated rings. The zero-order valence-electron chi connectivity index (χ0n) is 17.2. The first-order valence-electron chi connectivity index (χ1n) is 9.85. The van der Waals surface area contributed by atoms with Crippen LogP contribution < -0.4 is 10.4 Å². The van der Waals surface area contributed by atoms with Crippen molar-refractivity contribution in [1.29, 1.82) is 0 Å². The predicted molar refractivity (Wildman–Crippen MR) is 118 cm³/mol. The van der Waals surface area contributed by atoms with E-state index in [2.05, 4.69) is 88.0 Å². The molecule has 0 spiro atoms. The highest BCUT2D eigenvalue weighted by molar-refractivity contribution is 6.99. The van der Waals surface area contributed by atoms with Gasteiger partial charge in [0, 0.05) is 6.61 Å². The summed E-state index contributed by atoms with van der Waals surface area (Å²) in [4.78, 5) is 0. The van der Waals surface area contributed by atoms with Gasteiger partial charge in [0.1, 0.15) is 0 Å². The highest BCUT2D eigenvalue weighted by atomic mass is 28.4. The Kier molecular flexibility index (Phi) is 7.60. The summed E-state index contributed by atoms with van der Waals surface area (Å²) in [6.07, 6.45) is 1.92. The number of aliphatic hydroxyl groups is 1. The minimum absolute atomic E-state index is 0.00791. The van der Waals surface area contributed by atoms with E-state index in [0.29, 0.717) is 13.0 Å². The van der Waals surface area contributed by atoms with Crippen molar-refractivity contribution in [3.05, 3.63) is 72.8 Å². The Balaban J connectivity index is 2.29. The third-order valence-corrected chi connectivity index (χ3v) is 10.0. The van der Waals surface area contributed by atoms with Crippen LogP contribution in [0.1, 0.15) is 47.0 Å². The normalized spacial score (nSPS) is 13.4. The summed E-state index contributed by atoms with van der Waals surface area (Å²) in [5.74, 6) is 0. The zero-order chi connectivity index (χ0) is 19.9. The Bertz CT molecular complexity index is 665. The van der Waals surface area contributed by atoms with Crippen molar-refractivity contribution in [3.8, 4) is 0 Å². The first-order valence-corrected chi connectivity index (χ1v) is 11.8. The van der Waals surface area contributed by atoms with E-state index < -0.39 is 8.32 Å². The molecule has 1 unspecified atom stereocenters. The number of hydrogen-bond donors (Lipinski definition) is 1. The van der Waals surface area contributed by atoms with Crippen molar-refractivity contribution in [2.24, 2.45) is 0 Å². The van der Waals surface area contributed by atoms with E-state index >= 15 is 0 Å². The van der Waals surface area contributed by atoms with Crippen LogP contribution in [0, 0.1) is 0 Å². The summed E-state index contributed by atoms with van der Waals surface area (Å²) in [5.41, 5.74) is 1.02. The van der Waals surface area contributed by atoms with E-state index in [0.717, 1.165) is 18.4 Å². The summed E-state index contributed by atoms with van der Waals surface area (Å²) in [6, 6.07) is 21.4. The SMILES string of the molecule is C=C(C)CC(O)CCCO[Si](c1ccccc1)(c1ccccc1)C(C)(C)C. The fraction of sp³-hybridized carbons (Fsp3) is 0.417. The minimum Gasteiger partial charge on any atom is -0.407 e. The number of aliphatic hydroxyl groups excluding tert-OH is 1. The molecule has 0 saturated heterocycles. The summed E-state index contributed by atoms with van der Waals surface area (Å²) in [5, 5.41) is 12.7. The molecule has 0 aliphatic carbocycles. The van der Waals surface area contributed by atoms with Gasteiger partial charge in [-0.3, -0.25) is 0 Å². The lowest BCUT2D eigenvalue weighted by atomic mass is 10.1. The van der Waals surface area contributed by atoms with Crippen LogP contribution >= 0.6 is 0 Å². The maximum absolute atomic E-state index is 10.1. The van der Waals surface area contributed by atoms with Crippen LogP contribution in [-0.2, 0) is 4.43 Å². The molecule has 2 aromatic rings. The fourth-order valence-corrected chi connectivity index (χ4v) is 8.42. The molecule has 0 radical (unpaired) electrons. The highest BCUT2D eigenvalue weighted by Gasteiger charge is 2.49. The van der Waals surface area contributed by atoms with Gasteiger partial charge in [-0.2, -0.15) is 0 Å². The van der Waals surface area contributed by atoms with Crippen LogP contribution in [0.2, 0.25) is 5.04 Å². The second-order valence-corrected chi connectivity index (χ2v) is 12.8. The molecule has 2 rings (SSSR count). The average molecular weight is 383 g/mol. The predicted octanol–water partition coefficient (Wildman–Crippen LogP) is 4.67. The molecule has 0 amide bonds. The Morgan fingerprint density at radius 2 is 1.48 bits per heavy atom. The van der Waals surface area contributed by atoms with Gasteiger partial charge in [-0.15, -0.1) is 6.58 Å². The van der Waals surface area contributed by atoms with Crippen molar-refractivity contribution >= 4 is 18.7 Å². The van der Waals surface area contributed by atoms with Gasteiger partial charge >= 0.3 is 0 Å². The van der Waals surface area contributed by atoms with Crippen LogP contribution in [0.3, 0.4) is 0 Å². The Morgan fingerprint density at radius 1 is 1.00 bits per heavy atom. The van der Waals surface area contributed by atoms with Crippen molar-refractivity contribution in [2.75, 3.05) is 6.61 Å². The molecule has 2 nitrogen and oxygen atoms in total. The molecule has 0 aliphatic heterocycles. The van der Waals surface area contributed by atoms with Gasteiger partial charge < -0.3 is 9.53 Å². The lowest BCUT2D eigenvalue weighted by Crippen LogP contribution is -2.66. The Morgan fingerprint density at radius 3 is 1.89 bits per heavy atom. The van der Waals surface area contributed by atoms with Crippen LogP contribution in [0.15, 0.2) is 72.8 Å². The zero-order valence-corrected chi connectivity index (χ0v) is 18.2. The van der Waals surface area contributed by atoms with Gasteiger partial charge in [0.05, 0.1) is 6.10 Å². The van der Waals surface area contributed by atoms with E-state index in [4.69, 9.17) is 4.43 Å². The van der Waals surface area contributed by atoms with E-state index in [9.17, 15) is 5.11 Å². The molecule has 0 saturated carbocycles. The first kappa shape index (κ1) is 21.6. The molecule has 0 aromatic heterocycles. The van der Waals surface area contributed by atoms with E-state index in [1.807, 2.05) is 6.92 Å². The van der Waals surface area contributed by atoms with Crippen molar-refractivity contribution in [3.63, 3.8) is 0 Å². The number of rotatable bonds is 9. The maximum Gasteiger partial charge on any atom is 0.261 e. The van der Waals surface area contributed by atoms with E-state index in [1.165, 1.54) is 10.4 Å². The third kappa shape index (κ3) is 5.41. The topological polar surface area (TPSA) is 29.5 Å². The quantitative estimate of drug-likeness (QED) is 0.388. The van der Waals surface area contributed by atoms with Crippen LogP contribution in [-0.4, -0.2) is 26.1 Å². The van der Waals surface area contributed by atoms with Gasteiger partial charge in [0.15, 0.2) is 0 Å². The van der Waals surface area contributed by atoms with Crippen LogP contribution in [0.5, 0.6) is 0 Å². The van der Waals surface area contributed by atoms with Gasteiger partial charge in [0.25, 0.3) is 8.32 Å². The smallest absolute Gasteiger partial charge is 0.261 e. The summed E-state index contributed by atoms with van der Waals surface area (Å²) in [7, 11) is -2.45. The van der Waals surface area contributed by atoms with Gasteiger partial charge in [-0.25, -0.2) is 0 Å². The van der Waals surface area contributed by atoms with Crippen LogP contribution in [0.25, 0.3) is 0 Å². The highest BCUT2D eigenvalue weighted by Crippen LogP contribution is 2.36. The monoisotopic (exact) mass is 382 g/mol. The third-order valence-electron chi connectivity index (χ3n) is 5.00. The molecule has 3 heteroatoms. The van der Waals surface area contributed by atoms with Crippen molar-refractivity contribution < 1.29 is 9.53 Å². The molecular formula is C24H34O2Si. The molecule has 0 aliphatic rings. The van der Waals surface area contributed by atoms with Crippen molar-refractivity contribution in [1.82, 2.24) is 0 Å². The second-order valence-electron chi connectivity index (χ2n) is 8.47. The maximum atomic E-state index is 10.1. The van der Waals surface area contributed by atoms with Crippen molar-refractivity contribution in [2.45, 2.75) is 58.1 Å². The second kappa shape index (κ2) is 9.49. The summed E-state index contributed by atoms with van der Waals surface area (Å²) in [6.45, 7) is 13.4. The first-order chi connectivity index (χ1) is 12.8. The minimum atomic E-state index is -2.45. The number of hydrogen-bond acceptors (Lipinski definition) is 2.